The number of carboxylic acids is 1. The topological polar surface area (TPSA) is 114 Å². The molecule has 0 saturated heterocycles. The molecule has 6 nitrogen and oxygen atoms in total. The number of hydrogen-bond acceptors (Lipinski definition) is 4. The van der Waals surface area contributed by atoms with Crippen LogP contribution in [0.15, 0.2) is 106 Å². The summed E-state index contributed by atoms with van der Waals surface area (Å²) >= 11 is 0. The third-order valence-electron chi connectivity index (χ3n) is 10.2. The molecule has 0 aliphatic carbocycles. The Morgan fingerprint density at radius 2 is 1.60 bits per heavy atom. The first kappa shape index (κ1) is 43.6. The summed E-state index contributed by atoms with van der Waals surface area (Å²) < 4.78 is 5.82. The van der Waals surface area contributed by atoms with E-state index in [1.807, 2.05) is 34.6 Å². The number of aliphatic carboxylic acids is 1. The molecule has 2 unspecified atom stereocenters. The van der Waals surface area contributed by atoms with Crippen LogP contribution in [-0.2, 0) is 16.0 Å². The molecule has 0 aliphatic rings. The number of nitrogens with two attached hydrogens (primary N) is 2. The van der Waals surface area contributed by atoms with Crippen molar-refractivity contribution in [1.82, 2.24) is 4.98 Å². The van der Waals surface area contributed by atoms with E-state index in [9.17, 15) is 9.90 Å². The number of rotatable bonds is 19. The fraction of sp³-hybridized carbons (Fsp3) is 0.432. The van der Waals surface area contributed by atoms with Gasteiger partial charge in [-0.2, -0.15) is 0 Å². The lowest BCUT2D eigenvalue weighted by atomic mass is 9.78. The number of allylic oxidation sites excluding steroid dienone is 11. The lowest BCUT2D eigenvalue weighted by Gasteiger charge is -2.30. The van der Waals surface area contributed by atoms with Crippen LogP contribution in [0.5, 0.6) is 0 Å². The highest BCUT2D eigenvalue weighted by Crippen LogP contribution is 2.41. The number of nitrogens with one attached hydrogen (secondary N) is 1. The van der Waals surface area contributed by atoms with Crippen LogP contribution in [-0.4, -0.2) is 23.2 Å². The van der Waals surface area contributed by atoms with E-state index in [-0.39, 0.29) is 18.3 Å². The van der Waals surface area contributed by atoms with Gasteiger partial charge in [0.05, 0.1) is 12.9 Å². The Hall–Kier alpha value is -4.45. The van der Waals surface area contributed by atoms with Gasteiger partial charge in [0, 0.05) is 41.5 Å². The summed E-state index contributed by atoms with van der Waals surface area (Å²) in [6.07, 6.45) is 8.90. The Labute approximate surface area is 303 Å². The minimum Gasteiger partial charge on any atom is -0.501 e. The highest BCUT2D eigenvalue weighted by atomic mass is 16.5. The number of ether oxygens (including phenoxy) is 1. The second-order valence-corrected chi connectivity index (χ2v) is 13.6. The van der Waals surface area contributed by atoms with Crippen molar-refractivity contribution in [1.29, 1.82) is 0 Å². The average molecular weight is 684 g/mol. The zero-order chi connectivity index (χ0) is 38.6. The molecule has 0 radical (unpaired) electrons. The van der Waals surface area contributed by atoms with Gasteiger partial charge in [0.15, 0.2) is 0 Å². The van der Waals surface area contributed by atoms with Gasteiger partial charge >= 0.3 is 5.97 Å². The summed E-state index contributed by atoms with van der Waals surface area (Å²) in [5, 5.41) is 9.66. The van der Waals surface area contributed by atoms with Gasteiger partial charge in [-0.15, -0.1) is 0 Å². The van der Waals surface area contributed by atoms with Gasteiger partial charge < -0.3 is 26.3 Å². The van der Waals surface area contributed by atoms with Crippen LogP contribution in [0.25, 0.3) is 11.6 Å². The molecule has 1 aromatic heterocycles. The van der Waals surface area contributed by atoms with Crippen LogP contribution in [0.1, 0.15) is 117 Å². The Balaban J connectivity index is 3.96. The summed E-state index contributed by atoms with van der Waals surface area (Å²) in [6.45, 7) is 39.3. The Bertz CT molecular complexity index is 1680. The molecule has 274 valence electrons. The molecular weight excluding hydrogens is 619 g/mol. The van der Waals surface area contributed by atoms with Crippen LogP contribution in [0, 0.1) is 18.8 Å². The molecule has 0 spiro atoms. The molecule has 6 heteroatoms. The van der Waals surface area contributed by atoms with E-state index in [2.05, 4.69) is 85.0 Å². The van der Waals surface area contributed by atoms with Crippen molar-refractivity contribution >= 4 is 17.6 Å². The summed E-state index contributed by atoms with van der Waals surface area (Å²) in [7, 11) is 1.64. The predicted octanol–water partition coefficient (Wildman–Crippen LogP) is 11.2. The maximum absolute atomic E-state index is 11.8. The van der Waals surface area contributed by atoms with Gasteiger partial charge in [-0.3, -0.25) is 4.79 Å². The van der Waals surface area contributed by atoms with E-state index in [1.165, 1.54) is 22.3 Å². The molecule has 0 aromatic carbocycles. The molecule has 1 heterocycles. The Morgan fingerprint density at radius 3 is 2.06 bits per heavy atom. The molecular formula is C44H65N3O3. The fourth-order valence-electron chi connectivity index (χ4n) is 6.74. The molecule has 6 N–H and O–H groups in total. The van der Waals surface area contributed by atoms with Crippen molar-refractivity contribution in [2.24, 2.45) is 23.3 Å². The lowest BCUT2D eigenvalue weighted by Crippen LogP contribution is -2.22. The standard InChI is InChI=1S/C44H65N3O3/c1-17-20-38(30(10)28(8)25(4)5)27(7)23-40(46)33(13)43(35(15)50-16)32(12)37(19-3)44-39(21-22-42(48)49)31(11)41(47-44)24-26(6)29(9)36(18-2)34(14)45/h18-19,24,32,43,47H,2,4,14-15,17,20-23,45-46H2,1,3,5-13,16H3,(H,48,49)/b26-24+,30-28+,36-29-,37-19-,38-27+,40-33-. The molecule has 0 amide bonds. The molecule has 50 heavy (non-hydrogen) atoms. The molecule has 1 aromatic rings. The van der Waals surface area contributed by atoms with Crippen molar-refractivity contribution in [3.63, 3.8) is 0 Å². The van der Waals surface area contributed by atoms with Crippen molar-refractivity contribution < 1.29 is 14.6 Å². The number of carboxylic acid groups (broad SMARTS) is 1. The van der Waals surface area contributed by atoms with Gasteiger partial charge in [-0.1, -0.05) is 69.9 Å². The van der Waals surface area contributed by atoms with Crippen LogP contribution in [0.4, 0.5) is 0 Å². The summed E-state index contributed by atoms with van der Waals surface area (Å²) in [4.78, 5) is 15.4. The van der Waals surface area contributed by atoms with E-state index in [0.717, 1.165) is 74.5 Å². The van der Waals surface area contributed by atoms with Crippen LogP contribution in [0.2, 0.25) is 0 Å². The maximum Gasteiger partial charge on any atom is 0.303 e. The van der Waals surface area contributed by atoms with Gasteiger partial charge in [0.2, 0.25) is 0 Å². The maximum atomic E-state index is 11.8. The molecule has 0 fully saturated rings. The normalized spacial score (nSPS) is 15.6. The first-order chi connectivity index (χ1) is 23.3. The van der Waals surface area contributed by atoms with Gasteiger partial charge in [0.25, 0.3) is 0 Å². The van der Waals surface area contributed by atoms with Gasteiger partial charge in [0.1, 0.15) is 0 Å². The second-order valence-electron chi connectivity index (χ2n) is 13.6. The summed E-state index contributed by atoms with van der Waals surface area (Å²) in [6, 6.07) is 0. The molecule has 0 aliphatic heterocycles. The second kappa shape index (κ2) is 19.7. The number of aromatic amines is 1. The SMILES string of the molecule is C=C/C(C(=C)N)=C(C)/C(C)=C/c1[nH]c(/C(=C\C)C(C)C(C(=C)OC)/C(C)=C(\N)C/C(C)=C(CCC)/C(C)=C(\C)C(=C)C)c(CCC(=O)O)c1C. The highest BCUT2D eigenvalue weighted by Gasteiger charge is 2.30. The van der Waals surface area contributed by atoms with Crippen LogP contribution >= 0.6 is 0 Å². The van der Waals surface area contributed by atoms with Crippen molar-refractivity contribution in [2.45, 2.75) is 108 Å². The molecule has 0 bridgehead atoms. The van der Waals surface area contributed by atoms with Gasteiger partial charge in [-0.05, 0) is 143 Å². The van der Waals surface area contributed by atoms with Crippen molar-refractivity contribution in [2.75, 3.05) is 7.11 Å². The highest BCUT2D eigenvalue weighted by molar-refractivity contribution is 5.75. The van der Waals surface area contributed by atoms with E-state index < -0.39 is 5.97 Å². The third kappa shape index (κ3) is 10.8. The number of hydrogen-bond donors (Lipinski definition) is 4. The number of carbonyl (C=O) groups is 1. The number of H-pyrrole nitrogens is 1. The quantitative estimate of drug-likeness (QED) is 0.0856. The smallest absolute Gasteiger partial charge is 0.303 e. The monoisotopic (exact) mass is 684 g/mol. The van der Waals surface area contributed by atoms with Crippen LogP contribution in [0.3, 0.4) is 0 Å². The van der Waals surface area contributed by atoms with Gasteiger partial charge in [-0.25, -0.2) is 0 Å². The summed E-state index contributed by atoms with van der Waals surface area (Å²) in [5.74, 6) is -0.558. The predicted molar refractivity (Wildman–Crippen MR) is 216 cm³/mol. The molecule has 2 atom stereocenters. The van der Waals surface area contributed by atoms with E-state index >= 15 is 0 Å². The first-order valence-electron chi connectivity index (χ1n) is 17.6. The number of methoxy groups -OCH3 is 1. The molecule has 0 saturated carbocycles. The van der Waals surface area contributed by atoms with Crippen molar-refractivity contribution in [3.05, 3.63) is 128 Å². The van der Waals surface area contributed by atoms with Crippen LogP contribution < -0.4 is 11.5 Å². The Morgan fingerprint density at radius 1 is 1.00 bits per heavy atom. The zero-order valence-corrected chi connectivity index (χ0v) is 33.2. The number of aromatic nitrogens is 1. The van der Waals surface area contributed by atoms with E-state index in [0.29, 0.717) is 24.3 Å². The summed E-state index contributed by atoms with van der Waals surface area (Å²) in [5.41, 5.74) is 28.9. The van der Waals surface area contributed by atoms with Crippen molar-refractivity contribution in [3.8, 4) is 0 Å². The first-order valence-corrected chi connectivity index (χ1v) is 17.6. The fourth-order valence-corrected chi connectivity index (χ4v) is 6.74. The zero-order valence-electron chi connectivity index (χ0n) is 33.2. The minimum absolute atomic E-state index is 0.0102. The average Bonchev–Trinajstić information content (AvgIpc) is 3.35. The minimum atomic E-state index is -0.845. The van der Waals surface area contributed by atoms with E-state index in [1.54, 1.807) is 13.2 Å². The van der Waals surface area contributed by atoms with E-state index in [4.69, 9.17) is 16.2 Å². The third-order valence-corrected chi connectivity index (χ3v) is 10.2. The largest absolute Gasteiger partial charge is 0.501 e. The Kier molecular flexibility index (Phi) is 17.1. The lowest BCUT2D eigenvalue weighted by molar-refractivity contribution is -0.136. The molecule has 1 rings (SSSR count).